The third-order valence-electron chi connectivity index (χ3n) is 4.43. The van der Waals surface area contributed by atoms with Crippen LogP contribution in [0.25, 0.3) is 17.2 Å². The van der Waals surface area contributed by atoms with Crippen molar-refractivity contribution in [1.82, 2.24) is 0 Å². The molecule has 2 atom stereocenters. The van der Waals surface area contributed by atoms with E-state index in [0.29, 0.717) is 0 Å². The highest BCUT2D eigenvalue weighted by molar-refractivity contribution is 6.69. The maximum atomic E-state index is 10.9. The molecule has 1 N–H and O–H groups in total. The van der Waals surface area contributed by atoms with Gasteiger partial charge >= 0.3 is 0 Å². The topological polar surface area (TPSA) is 29.5 Å². The van der Waals surface area contributed by atoms with Crippen molar-refractivity contribution >= 4 is 14.4 Å². The number of benzene rings is 2. The molecular weight excluding hydrogens is 288 g/mol. The van der Waals surface area contributed by atoms with E-state index in [2.05, 4.69) is 56.0 Å². The average molecular weight is 308 g/mol. The number of rotatable bonds is 2. The Bertz CT molecular complexity index is 788. The second-order valence-electron chi connectivity index (χ2n) is 7.07. The fraction of sp³-hybridized carbons (Fsp3) is 0.263. The molecule has 2 aromatic rings. The Morgan fingerprint density at radius 2 is 1.73 bits per heavy atom. The number of aliphatic hydroxyl groups is 1. The summed E-state index contributed by atoms with van der Waals surface area (Å²) in [5.74, 6) is 0. The quantitative estimate of drug-likeness (QED) is 0.845. The van der Waals surface area contributed by atoms with Crippen LogP contribution in [0.15, 0.2) is 48.5 Å². The average Bonchev–Trinajstić information content (AvgIpc) is 2.75. The zero-order valence-corrected chi connectivity index (χ0v) is 14.1. The highest BCUT2D eigenvalue weighted by atomic mass is 28.4. The number of hydrogen-bond acceptors (Lipinski definition) is 2. The van der Waals surface area contributed by atoms with Crippen molar-refractivity contribution in [2.24, 2.45) is 0 Å². The molecule has 0 saturated carbocycles. The van der Waals surface area contributed by atoms with Crippen molar-refractivity contribution in [2.45, 2.75) is 31.3 Å². The lowest BCUT2D eigenvalue weighted by Gasteiger charge is -2.42. The molecule has 0 bridgehead atoms. The smallest absolute Gasteiger partial charge is 0.185 e. The molecule has 0 unspecified atom stereocenters. The first-order valence-corrected chi connectivity index (χ1v) is 11.1. The summed E-state index contributed by atoms with van der Waals surface area (Å²) in [4.78, 5) is 0. The Labute approximate surface area is 132 Å². The van der Waals surface area contributed by atoms with Gasteiger partial charge in [0.05, 0.1) is 0 Å². The lowest BCUT2D eigenvalue weighted by atomic mass is 9.80. The van der Waals surface area contributed by atoms with Gasteiger partial charge in [-0.25, -0.2) is 0 Å². The molecule has 0 amide bonds. The predicted octanol–water partition coefficient (Wildman–Crippen LogP) is 4.15. The van der Waals surface area contributed by atoms with Crippen LogP contribution in [0.1, 0.15) is 16.7 Å². The molecule has 0 fully saturated rings. The highest BCUT2D eigenvalue weighted by Crippen LogP contribution is 2.55. The lowest BCUT2D eigenvalue weighted by molar-refractivity contribution is -0.00699. The van der Waals surface area contributed by atoms with Gasteiger partial charge in [-0.2, -0.15) is 0 Å². The Morgan fingerprint density at radius 3 is 2.50 bits per heavy atom. The van der Waals surface area contributed by atoms with Gasteiger partial charge in [-0.1, -0.05) is 54.6 Å². The Kier molecular flexibility index (Phi) is 2.80. The fourth-order valence-corrected chi connectivity index (χ4v) is 5.11. The number of fused-ring (bicyclic) bond motifs is 3. The molecule has 2 aromatic carbocycles. The molecule has 0 aromatic heterocycles. The Hall–Kier alpha value is -1.68. The van der Waals surface area contributed by atoms with Gasteiger partial charge in [0, 0.05) is 5.56 Å². The van der Waals surface area contributed by atoms with Gasteiger partial charge in [0.1, 0.15) is 11.7 Å². The van der Waals surface area contributed by atoms with E-state index in [1.165, 1.54) is 11.1 Å². The predicted molar refractivity (Wildman–Crippen MR) is 92.1 cm³/mol. The molecular formula is C19H20O2Si. The summed E-state index contributed by atoms with van der Waals surface area (Å²) in [6, 6.07) is 14.6. The summed E-state index contributed by atoms with van der Waals surface area (Å²) in [5, 5.41) is 10.9. The molecule has 112 valence electrons. The monoisotopic (exact) mass is 308 g/mol. The van der Waals surface area contributed by atoms with Gasteiger partial charge in [-0.15, -0.1) is 0 Å². The van der Waals surface area contributed by atoms with E-state index in [-0.39, 0.29) is 0 Å². The summed E-state index contributed by atoms with van der Waals surface area (Å²) in [5.41, 5.74) is 5.00. The number of aliphatic hydroxyl groups excluding tert-OH is 1. The summed E-state index contributed by atoms with van der Waals surface area (Å²) >= 11 is 0. The van der Waals surface area contributed by atoms with E-state index in [1.807, 2.05) is 18.2 Å². The maximum absolute atomic E-state index is 10.9. The van der Waals surface area contributed by atoms with Gasteiger partial charge in [0.15, 0.2) is 8.32 Å². The number of hydrogen-bond donors (Lipinski definition) is 1. The minimum atomic E-state index is -1.88. The van der Waals surface area contributed by atoms with Crippen molar-refractivity contribution in [1.29, 1.82) is 0 Å². The lowest BCUT2D eigenvalue weighted by Crippen LogP contribution is -2.49. The van der Waals surface area contributed by atoms with Crippen LogP contribution >= 0.6 is 0 Å². The van der Waals surface area contributed by atoms with Crippen LogP contribution in [0, 0.1) is 0 Å². The van der Waals surface area contributed by atoms with Crippen LogP contribution < -0.4 is 0 Å². The van der Waals surface area contributed by atoms with Crippen molar-refractivity contribution in [3.63, 3.8) is 0 Å². The van der Waals surface area contributed by atoms with Crippen LogP contribution in [-0.2, 0) is 10.0 Å². The molecule has 0 saturated heterocycles. The van der Waals surface area contributed by atoms with E-state index < -0.39 is 20.0 Å². The van der Waals surface area contributed by atoms with Crippen molar-refractivity contribution in [2.75, 3.05) is 0 Å². The normalized spacial score (nSPS) is 25.0. The van der Waals surface area contributed by atoms with Crippen molar-refractivity contribution in [3.8, 4) is 11.1 Å². The van der Waals surface area contributed by atoms with Gasteiger partial charge in [0.2, 0.25) is 0 Å². The van der Waals surface area contributed by atoms with Gasteiger partial charge < -0.3 is 9.53 Å². The molecule has 0 radical (unpaired) electrons. The summed E-state index contributed by atoms with van der Waals surface area (Å²) in [7, 11) is -1.88. The molecule has 2 nitrogen and oxygen atoms in total. The fourth-order valence-electron chi connectivity index (χ4n) is 3.81. The standard InChI is InChI=1S/C19H20O2Si/c1-22(2,3)21-19-16-10-5-4-8-14(16)15-9-6-7-13(18(15)19)11-12-17(19)20/h4-12,17,20H,1-3H3/t17-,19-/m1/s1. The third-order valence-corrected chi connectivity index (χ3v) is 5.36. The van der Waals surface area contributed by atoms with E-state index in [0.717, 1.165) is 16.7 Å². The molecule has 2 aliphatic rings. The van der Waals surface area contributed by atoms with Crippen LogP contribution in [0.5, 0.6) is 0 Å². The molecule has 22 heavy (non-hydrogen) atoms. The first kappa shape index (κ1) is 13.9. The van der Waals surface area contributed by atoms with E-state index in [1.54, 1.807) is 0 Å². The first-order chi connectivity index (χ1) is 10.4. The molecule has 3 heteroatoms. The minimum absolute atomic E-state index is 0.656. The molecule has 2 aliphatic carbocycles. The minimum Gasteiger partial charge on any atom is -0.401 e. The molecule has 0 aliphatic heterocycles. The van der Waals surface area contributed by atoms with Crippen LogP contribution in [-0.4, -0.2) is 19.5 Å². The Morgan fingerprint density at radius 1 is 1.00 bits per heavy atom. The van der Waals surface area contributed by atoms with Crippen LogP contribution in [0.4, 0.5) is 0 Å². The van der Waals surface area contributed by atoms with Crippen LogP contribution in [0.2, 0.25) is 19.6 Å². The SMILES string of the molecule is C[Si](C)(C)O[C@@]12c3ccccc3-c3cccc(c31)C=C[C@H]2O. The maximum Gasteiger partial charge on any atom is 0.185 e. The first-order valence-electron chi connectivity index (χ1n) is 7.73. The second-order valence-corrected chi connectivity index (χ2v) is 11.5. The Balaban J connectivity index is 2.10. The summed E-state index contributed by atoms with van der Waals surface area (Å²) < 4.78 is 6.67. The molecule has 0 spiro atoms. The van der Waals surface area contributed by atoms with E-state index >= 15 is 0 Å². The van der Waals surface area contributed by atoms with E-state index in [9.17, 15) is 5.11 Å². The van der Waals surface area contributed by atoms with E-state index in [4.69, 9.17) is 4.43 Å². The van der Waals surface area contributed by atoms with Gasteiger partial charge in [-0.05, 0) is 41.9 Å². The summed E-state index contributed by atoms with van der Waals surface area (Å²) in [6.45, 7) is 6.53. The third kappa shape index (κ3) is 1.73. The largest absolute Gasteiger partial charge is 0.401 e. The van der Waals surface area contributed by atoms with Gasteiger partial charge in [0.25, 0.3) is 0 Å². The van der Waals surface area contributed by atoms with Crippen molar-refractivity contribution < 1.29 is 9.53 Å². The van der Waals surface area contributed by atoms with Gasteiger partial charge in [-0.3, -0.25) is 0 Å². The summed E-state index contributed by atoms with van der Waals surface area (Å²) in [6.07, 6.45) is 3.23. The second kappa shape index (κ2) is 4.41. The zero-order chi connectivity index (χ0) is 15.5. The molecule has 4 rings (SSSR count). The van der Waals surface area contributed by atoms with Crippen molar-refractivity contribution in [3.05, 3.63) is 65.2 Å². The van der Waals surface area contributed by atoms with Crippen LogP contribution in [0.3, 0.4) is 0 Å². The highest BCUT2D eigenvalue weighted by Gasteiger charge is 2.53. The zero-order valence-electron chi connectivity index (χ0n) is 13.1. The molecule has 0 heterocycles.